The number of ether oxygens (including phenoxy) is 11. The molecule has 0 amide bonds. The molecule has 1 saturated heterocycles. The molecule has 1 aliphatic rings. The van der Waals surface area contributed by atoms with E-state index in [1.54, 1.807) is 0 Å². The quantitative estimate of drug-likeness (QED) is 0.0276. The van der Waals surface area contributed by atoms with Gasteiger partial charge in [-0.05, 0) is 0 Å². The molecule has 0 bridgehead atoms. The molecule has 0 saturated carbocycles. The minimum atomic E-state index is -1.12. The molecule has 0 radical (unpaired) electrons. The predicted octanol–water partition coefficient (Wildman–Crippen LogP) is -6.11. The normalized spacial score (nSPS) is 20.9. The van der Waals surface area contributed by atoms with Gasteiger partial charge in [0.15, 0.2) is 0 Å². The summed E-state index contributed by atoms with van der Waals surface area (Å²) < 4.78 is 61.2. The Labute approximate surface area is 325 Å². The van der Waals surface area contributed by atoms with Crippen LogP contribution in [0.25, 0.3) is 0 Å². The average molecular weight is 824 g/mol. The van der Waals surface area contributed by atoms with E-state index in [2.05, 4.69) is 0 Å². The first-order chi connectivity index (χ1) is 26.6. The molecular formula is C33H72O22. The highest BCUT2D eigenvalue weighted by atomic mass is 16.6. The highest BCUT2D eigenvalue weighted by Gasteiger charge is 2.25. The summed E-state index contributed by atoms with van der Waals surface area (Å²) in [6, 6.07) is 0. The Bertz CT molecular complexity index is 856. The van der Waals surface area contributed by atoms with E-state index in [1.165, 1.54) is 0 Å². The van der Waals surface area contributed by atoms with Crippen molar-refractivity contribution in [2.45, 2.75) is 67.1 Å². The van der Waals surface area contributed by atoms with Crippen molar-refractivity contribution in [3.63, 3.8) is 0 Å². The molecule has 22 heteroatoms. The Balaban J connectivity index is -0.0000101. The van der Waals surface area contributed by atoms with Crippen molar-refractivity contribution in [2.24, 2.45) is 0 Å². The van der Waals surface area contributed by atoms with Crippen molar-refractivity contribution in [3.8, 4) is 0 Å². The van der Waals surface area contributed by atoms with Crippen molar-refractivity contribution in [2.75, 3.05) is 145 Å². The van der Waals surface area contributed by atoms with Gasteiger partial charge < -0.3 is 108 Å². The third-order valence-electron chi connectivity index (χ3n) is 7.39. The second-order valence-corrected chi connectivity index (χ2v) is 12.8. The Morgan fingerprint density at radius 2 is 0.782 bits per heavy atom. The molecule has 336 valence electrons. The lowest BCUT2D eigenvalue weighted by Gasteiger charge is -2.30. The molecule has 0 aromatic rings. The van der Waals surface area contributed by atoms with Crippen LogP contribution in [0.1, 0.15) is 4.28 Å². The Morgan fingerprint density at radius 1 is 0.400 bits per heavy atom. The van der Waals surface area contributed by atoms with Gasteiger partial charge in [0, 0.05) is 4.28 Å². The number of rotatable bonds is 38. The Hall–Kier alpha value is -0.880. The van der Waals surface area contributed by atoms with Gasteiger partial charge in [-0.25, -0.2) is 0 Å². The van der Waals surface area contributed by atoms with E-state index in [0.717, 1.165) is 0 Å². The molecule has 1 heterocycles. The molecule has 1 fully saturated rings. The van der Waals surface area contributed by atoms with E-state index in [4.69, 9.17) is 72.5 Å². The number of aliphatic hydroxyl groups excluding tert-OH is 11. The second-order valence-electron chi connectivity index (χ2n) is 12.8. The predicted molar refractivity (Wildman–Crippen MR) is 191 cm³/mol. The molecule has 0 aromatic heterocycles. The highest BCUT2D eigenvalue weighted by Crippen LogP contribution is 2.10. The molecule has 22 nitrogen and oxygen atoms in total. The first kappa shape index (κ1) is 52.1. The smallest absolute Gasteiger partial charge is 0.105 e. The topological polar surface area (TPSA) is 324 Å². The lowest BCUT2D eigenvalue weighted by molar-refractivity contribution is -0.177. The van der Waals surface area contributed by atoms with Crippen molar-refractivity contribution in [1.82, 2.24) is 0 Å². The van der Waals surface area contributed by atoms with Crippen LogP contribution in [0.3, 0.4) is 0 Å². The molecular weight excluding hydrogens is 748 g/mol. The molecule has 1 rings (SSSR count). The monoisotopic (exact) mass is 823 g/mol. The van der Waals surface area contributed by atoms with Crippen LogP contribution in [0.4, 0.5) is 0 Å². The largest absolute Gasteiger partial charge is 0.394 e. The van der Waals surface area contributed by atoms with Crippen LogP contribution < -0.4 is 0 Å². The molecule has 10 unspecified atom stereocenters. The van der Waals surface area contributed by atoms with Crippen LogP contribution in [0.2, 0.25) is 0 Å². The van der Waals surface area contributed by atoms with Gasteiger partial charge in [-0.1, -0.05) is 0 Å². The van der Waals surface area contributed by atoms with Crippen molar-refractivity contribution >= 4 is 0 Å². The summed E-state index contributed by atoms with van der Waals surface area (Å²) in [6.45, 7) is -4.00. The first-order valence-corrected chi connectivity index (χ1v) is 18.2. The second kappa shape index (κ2) is 34.0. The van der Waals surface area contributed by atoms with Crippen molar-refractivity contribution in [3.05, 3.63) is 0 Å². The van der Waals surface area contributed by atoms with E-state index in [-0.39, 0.29) is 117 Å². The summed E-state index contributed by atoms with van der Waals surface area (Å²) in [5, 5.41) is 105. The van der Waals surface area contributed by atoms with Crippen LogP contribution in [0.15, 0.2) is 0 Å². The van der Waals surface area contributed by atoms with E-state index in [0.29, 0.717) is 0 Å². The zero-order valence-corrected chi connectivity index (χ0v) is 31.3. The van der Waals surface area contributed by atoms with Crippen molar-refractivity contribution < 1.29 is 113 Å². The third-order valence-corrected chi connectivity index (χ3v) is 7.39. The molecule has 1 aliphatic heterocycles. The van der Waals surface area contributed by atoms with Gasteiger partial charge in [0.1, 0.15) is 67.1 Å². The summed E-state index contributed by atoms with van der Waals surface area (Å²) in [6.07, 6.45) is -9.53. The molecule has 10 atom stereocenters. The first-order valence-electron chi connectivity index (χ1n) is 18.2. The maximum Gasteiger partial charge on any atom is 0.105 e. The van der Waals surface area contributed by atoms with E-state index in [1.807, 2.05) is 0 Å². The summed E-state index contributed by atoms with van der Waals surface area (Å²) in [4.78, 5) is 0. The summed E-state index contributed by atoms with van der Waals surface area (Å²) in [5.74, 6) is 0. The van der Waals surface area contributed by atoms with Gasteiger partial charge in [-0.3, -0.25) is 0 Å². The van der Waals surface area contributed by atoms with Gasteiger partial charge in [-0.15, -0.1) is 0 Å². The zero-order chi connectivity index (χ0) is 40.7. The van der Waals surface area contributed by atoms with Gasteiger partial charge in [-0.2, -0.15) is 0 Å². The fourth-order valence-corrected chi connectivity index (χ4v) is 4.38. The summed E-state index contributed by atoms with van der Waals surface area (Å²) in [5.41, 5.74) is 0. The average Bonchev–Trinajstić information content (AvgIpc) is 3.19. The van der Waals surface area contributed by atoms with E-state index < -0.39 is 100 Å². The summed E-state index contributed by atoms with van der Waals surface area (Å²) >= 11 is 0. The van der Waals surface area contributed by atoms with Gasteiger partial charge in [0.25, 0.3) is 0 Å². The minimum Gasteiger partial charge on any atom is -0.394 e. The molecule has 11 N–H and O–H groups in total. The number of hydrogen-bond donors (Lipinski definition) is 11. The van der Waals surface area contributed by atoms with Crippen LogP contribution in [0, 0.1) is 0 Å². The molecule has 0 aliphatic carbocycles. The van der Waals surface area contributed by atoms with E-state index in [9.17, 15) is 35.7 Å². The fourth-order valence-electron chi connectivity index (χ4n) is 4.38. The van der Waals surface area contributed by atoms with Gasteiger partial charge >= 0.3 is 0 Å². The van der Waals surface area contributed by atoms with Crippen molar-refractivity contribution in [1.29, 1.82) is 0 Å². The highest BCUT2D eigenvalue weighted by molar-refractivity contribution is 4.70. The lowest BCUT2D eigenvalue weighted by Crippen LogP contribution is -2.42. The van der Waals surface area contributed by atoms with Crippen LogP contribution in [0.5, 0.6) is 0 Å². The van der Waals surface area contributed by atoms with Crippen LogP contribution >= 0.6 is 0 Å². The number of hydrogen-bond acceptors (Lipinski definition) is 22. The Morgan fingerprint density at radius 3 is 1.22 bits per heavy atom. The Kier molecular flexibility index (Phi) is 32.3. The van der Waals surface area contributed by atoms with Crippen LogP contribution in [-0.4, -0.2) is 269 Å². The van der Waals surface area contributed by atoms with Gasteiger partial charge in [0.05, 0.1) is 145 Å². The maximum absolute atomic E-state index is 10.3. The summed E-state index contributed by atoms with van der Waals surface area (Å²) in [7, 11) is 0. The fraction of sp³-hybridized carbons (Fsp3) is 1.00. The molecule has 0 spiro atoms. The molecule has 0 aromatic carbocycles. The third kappa shape index (κ3) is 27.4. The standard InChI is InChI=1S/C33H66O22.3H2/c34-1-23(40)7-45-9-25(42)10-46-11-26(43)12-49-18-33(55-30(6-39)15-47-8-24(41)2-35)19-50-17-31(54-22-32-21-52-29(5-38)20-53-32)16-48-13-27(44)14-51-28(3-36)4-37;;;/h23-44H,1-22H2;3*1H/i;3*1+1. The lowest BCUT2D eigenvalue weighted by atomic mass is 10.3. The van der Waals surface area contributed by atoms with Crippen LogP contribution in [-0.2, 0) is 52.1 Å². The number of aliphatic hydroxyl groups is 11. The van der Waals surface area contributed by atoms with E-state index >= 15 is 0 Å². The minimum absolute atomic E-state index is 0. The SMILES string of the molecule is OCC(O)COCC(O)COCC(O)COCC(COCC(COCC(O)COC(CO)CO)OCC1COC(CO)CO1)OC(CO)COCC(O)CO.[2HH].[2HH].[2HH]. The zero-order valence-electron chi connectivity index (χ0n) is 31.3. The molecule has 55 heavy (non-hydrogen) atoms. The van der Waals surface area contributed by atoms with Gasteiger partial charge in [0.2, 0.25) is 0 Å². The maximum atomic E-state index is 10.3.